The number of amides is 4. The Morgan fingerprint density at radius 3 is 2.35 bits per heavy atom. The Morgan fingerprint density at radius 1 is 1.03 bits per heavy atom. The molecule has 0 spiro atoms. The Bertz CT molecular complexity index is 1200. The molecule has 0 bridgehead atoms. The number of ether oxygens (including phenoxy) is 1. The van der Waals surface area contributed by atoms with Crippen LogP contribution in [-0.4, -0.2) is 41.9 Å². The van der Waals surface area contributed by atoms with Gasteiger partial charge in [-0.15, -0.1) is 0 Å². The first-order valence-electron chi connectivity index (χ1n) is 10.6. The first-order valence-corrected chi connectivity index (χ1v) is 10.6. The SMILES string of the molecule is COC(=O)c1ccc(NC(=O)CC2C(=O)N(c3ccc(C)cc3)C(=O)N2Cc2ccco2)cc1. The number of methoxy groups -OCH3 is 1. The zero-order valence-electron chi connectivity index (χ0n) is 18.7. The van der Waals surface area contributed by atoms with Crippen LogP contribution < -0.4 is 10.2 Å². The van der Waals surface area contributed by atoms with Crippen molar-refractivity contribution >= 4 is 35.2 Å². The predicted molar refractivity (Wildman–Crippen MR) is 123 cm³/mol. The Morgan fingerprint density at radius 2 is 1.74 bits per heavy atom. The van der Waals surface area contributed by atoms with Crippen LogP contribution in [-0.2, 0) is 20.9 Å². The first-order chi connectivity index (χ1) is 16.4. The number of nitrogens with one attached hydrogen (secondary N) is 1. The van der Waals surface area contributed by atoms with Gasteiger partial charge in [0.05, 0.1) is 37.6 Å². The molecule has 1 unspecified atom stereocenters. The highest BCUT2D eigenvalue weighted by atomic mass is 16.5. The van der Waals surface area contributed by atoms with E-state index >= 15 is 0 Å². The number of urea groups is 1. The third kappa shape index (κ3) is 4.68. The van der Waals surface area contributed by atoms with Gasteiger partial charge in [-0.25, -0.2) is 14.5 Å². The van der Waals surface area contributed by atoms with Crippen LogP contribution in [0.3, 0.4) is 0 Å². The number of carbonyl (C=O) groups excluding carboxylic acids is 4. The largest absolute Gasteiger partial charge is 0.467 e. The molecule has 1 aliphatic heterocycles. The lowest BCUT2D eigenvalue weighted by atomic mass is 10.1. The third-order valence-electron chi connectivity index (χ3n) is 5.49. The van der Waals surface area contributed by atoms with Gasteiger partial charge in [0.15, 0.2) is 0 Å². The first kappa shape index (κ1) is 22.8. The quantitative estimate of drug-likeness (QED) is 0.424. The van der Waals surface area contributed by atoms with Crippen LogP contribution in [0.25, 0.3) is 0 Å². The molecule has 174 valence electrons. The van der Waals surface area contributed by atoms with Gasteiger partial charge in [0.2, 0.25) is 5.91 Å². The van der Waals surface area contributed by atoms with E-state index in [1.54, 1.807) is 36.4 Å². The van der Waals surface area contributed by atoms with Crippen LogP contribution >= 0.6 is 0 Å². The molecule has 34 heavy (non-hydrogen) atoms. The molecular formula is C25H23N3O6. The standard InChI is InChI=1S/C25H23N3O6/c1-16-5-11-19(12-6-16)28-23(30)21(27(25(28)32)15-20-4-3-13-34-20)14-22(29)26-18-9-7-17(8-10-18)24(31)33-2/h3-13,21H,14-15H2,1-2H3,(H,26,29). The fraction of sp³-hybridized carbons (Fsp3) is 0.200. The molecule has 1 fully saturated rings. The number of esters is 1. The normalized spacial score (nSPS) is 15.5. The van der Waals surface area contributed by atoms with Gasteiger partial charge in [0.1, 0.15) is 11.8 Å². The summed E-state index contributed by atoms with van der Waals surface area (Å²) in [5, 5.41) is 2.71. The van der Waals surface area contributed by atoms with Gasteiger partial charge in [-0.3, -0.25) is 9.59 Å². The Balaban J connectivity index is 1.53. The number of furan rings is 1. The van der Waals surface area contributed by atoms with Crippen molar-refractivity contribution in [2.24, 2.45) is 0 Å². The molecule has 2 aromatic carbocycles. The number of rotatable bonds is 7. The van der Waals surface area contributed by atoms with E-state index in [0.29, 0.717) is 22.7 Å². The fourth-order valence-corrected chi connectivity index (χ4v) is 3.71. The van der Waals surface area contributed by atoms with Crippen molar-refractivity contribution in [2.75, 3.05) is 17.3 Å². The van der Waals surface area contributed by atoms with E-state index in [1.807, 2.05) is 19.1 Å². The summed E-state index contributed by atoms with van der Waals surface area (Å²) in [7, 11) is 1.28. The van der Waals surface area contributed by atoms with Crippen molar-refractivity contribution in [3.63, 3.8) is 0 Å². The second-order valence-corrected chi connectivity index (χ2v) is 7.84. The molecule has 0 saturated carbocycles. The number of carbonyl (C=O) groups is 4. The Labute approximate surface area is 195 Å². The molecule has 0 radical (unpaired) electrons. The lowest BCUT2D eigenvalue weighted by molar-refractivity contribution is -0.124. The van der Waals surface area contributed by atoms with Crippen molar-refractivity contribution in [2.45, 2.75) is 25.9 Å². The molecule has 1 saturated heterocycles. The molecule has 1 aliphatic rings. The molecule has 9 heteroatoms. The topological polar surface area (TPSA) is 109 Å². The van der Waals surface area contributed by atoms with Gasteiger partial charge in [-0.05, 0) is 55.5 Å². The summed E-state index contributed by atoms with van der Waals surface area (Å²) in [6.07, 6.45) is 1.24. The summed E-state index contributed by atoms with van der Waals surface area (Å²) in [5.41, 5.74) is 2.22. The maximum atomic E-state index is 13.3. The summed E-state index contributed by atoms with van der Waals surface area (Å²) in [5.74, 6) is -0.933. The minimum Gasteiger partial charge on any atom is -0.467 e. The van der Waals surface area contributed by atoms with Crippen LogP contribution in [0.4, 0.5) is 16.2 Å². The maximum absolute atomic E-state index is 13.3. The van der Waals surface area contributed by atoms with Gasteiger partial charge < -0.3 is 19.4 Å². The van der Waals surface area contributed by atoms with Crippen LogP contribution in [0.2, 0.25) is 0 Å². The molecule has 0 aliphatic carbocycles. The summed E-state index contributed by atoms with van der Waals surface area (Å²) in [6, 6.07) is 15.0. The highest BCUT2D eigenvalue weighted by molar-refractivity contribution is 6.22. The number of nitrogens with zero attached hydrogens (tertiary/aromatic N) is 2. The zero-order chi connectivity index (χ0) is 24.2. The number of anilines is 2. The van der Waals surface area contributed by atoms with E-state index in [0.717, 1.165) is 10.5 Å². The Kier molecular flexibility index (Phi) is 6.44. The van der Waals surface area contributed by atoms with E-state index in [-0.39, 0.29) is 13.0 Å². The number of hydrogen-bond donors (Lipinski definition) is 1. The summed E-state index contributed by atoms with van der Waals surface area (Å²) in [6.45, 7) is 1.96. The summed E-state index contributed by atoms with van der Waals surface area (Å²) >= 11 is 0. The second-order valence-electron chi connectivity index (χ2n) is 7.84. The number of imide groups is 1. The monoisotopic (exact) mass is 461 g/mol. The summed E-state index contributed by atoms with van der Waals surface area (Å²) < 4.78 is 10.0. The van der Waals surface area contributed by atoms with Gasteiger partial charge in [0, 0.05) is 5.69 Å². The molecule has 4 rings (SSSR count). The minimum absolute atomic E-state index is 0.0473. The van der Waals surface area contributed by atoms with Crippen molar-refractivity contribution in [1.29, 1.82) is 0 Å². The fourth-order valence-electron chi connectivity index (χ4n) is 3.71. The predicted octanol–water partition coefficient (Wildman–Crippen LogP) is 3.74. The van der Waals surface area contributed by atoms with Crippen molar-refractivity contribution in [1.82, 2.24) is 4.90 Å². The molecule has 1 N–H and O–H groups in total. The third-order valence-corrected chi connectivity index (χ3v) is 5.49. The van der Waals surface area contributed by atoms with Crippen LogP contribution in [0.5, 0.6) is 0 Å². The van der Waals surface area contributed by atoms with Crippen LogP contribution in [0.15, 0.2) is 71.3 Å². The highest BCUT2D eigenvalue weighted by Crippen LogP contribution is 2.29. The van der Waals surface area contributed by atoms with Gasteiger partial charge in [-0.2, -0.15) is 0 Å². The van der Waals surface area contributed by atoms with Gasteiger partial charge in [-0.1, -0.05) is 17.7 Å². The molecule has 9 nitrogen and oxygen atoms in total. The van der Waals surface area contributed by atoms with Crippen LogP contribution in [0, 0.1) is 6.92 Å². The average molecular weight is 461 g/mol. The molecule has 4 amide bonds. The van der Waals surface area contributed by atoms with Gasteiger partial charge >= 0.3 is 12.0 Å². The molecule has 1 atom stereocenters. The van der Waals surface area contributed by atoms with Crippen LogP contribution in [0.1, 0.15) is 28.1 Å². The molecule has 1 aromatic heterocycles. The maximum Gasteiger partial charge on any atom is 0.337 e. The van der Waals surface area contributed by atoms with Crippen molar-refractivity contribution in [3.8, 4) is 0 Å². The van der Waals surface area contributed by atoms with E-state index in [9.17, 15) is 19.2 Å². The van der Waals surface area contributed by atoms with Gasteiger partial charge in [0.25, 0.3) is 5.91 Å². The number of hydrogen-bond acceptors (Lipinski definition) is 6. The minimum atomic E-state index is -1.01. The van der Waals surface area contributed by atoms with Crippen molar-refractivity contribution in [3.05, 3.63) is 83.8 Å². The highest BCUT2D eigenvalue weighted by Gasteiger charge is 2.47. The number of benzene rings is 2. The van der Waals surface area contributed by atoms with E-state index in [2.05, 4.69) is 10.1 Å². The average Bonchev–Trinajstić information content (AvgIpc) is 3.42. The number of aryl methyl sites for hydroxylation is 1. The van der Waals surface area contributed by atoms with Crippen molar-refractivity contribution < 1.29 is 28.3 Å². The zero-order valence-corrected chi connectivity index (χ0v) is 18.7. The smallest absolute Gasteiger partial charge is 0.337 e. The summed E-state index contributed by atoms with van der Waals surface area (Å²) in [4.78, 5) is 53.3. The molecule has 2 heterocycles. The molecular weight excluding hydrogens is 438 g/mol. The Hall–Kier alpha value is -4.40. The lowest BCUT2D eigenvalue weighted by Crippen LogP contribution is -2.37. The van der Waals surface area contributed by atoms with E-state index in [4.69, 9.17) is 4.42 Å². The molecule has 3 aromatic rings. The lowest BCUT2D eigenvalue weighted by Gasteiger charge is -2.20. The second kappa shape index (κ2) is 9.62. The van der Waals surface area contributed by atoms with E-state index < -0.39 is 29.9 Å². The van der Waals surface area contributed by atoms with E-state index in [1.165, 1.54) is 30.4 Å².